The highest BCUT2D eigenvalue weighted by atomic mass is 35.5. The number of rotatable bonds is 4. The highest BCUT2D eigenvalue weighted by Gasteiger charge is 2.35. The predicted octanol–water partition coefficient (Wildman–Crippen LogP) is 6.31. The third kappa shape index (κ3) is 4.22. The molecule has 4 nitrogen and oxygen atoms in total. The van der Waals surface area contributed by atoms with Crippen molar-refractivity contribution < 1.29 is 4.79 Å². The number of hydrogen-bond donors (Lipinski definition) is 1. The van der Waals surface area contributed by atoms with Crippen molar-refractivity contribution in [1.82, 2.24) is 0 Å². The van der Waals surface area contributed by atoms with Crippen molar-refractivity contribution in [1.29, 1.82) is 5.26 Å². The van der Waals surface area contributed by atoms with Gasteiger partial charge in [0.25, 0.3) is 5.91 Å². The number of carbonyl (C=O) groups is 1. The van der Waals surface area contributed by atoms with Crippen LogP contribution in [0.4, 0.5) is 11.4 Å². The molecule has 1 unspecified atom stereocenters. The van der Waals surface area contributed by atoms with Crippen molar-refractivity contribution in [2.45, 2.75) is 52.5 Å². The topological polar surface area (TPSA) is 56.1 Å². The number of nitrogens with one attached hydrogen (secondary N) is 1. The molecule has 2 aromatic carbocycles. The third-order valence-electron chi connectivity index (χ3n) is 5.92. The number of nitrogens with zero attached hydrogens (tertiary/aromatic N) is 2. The summed E-state index contributed by atoms with van der Waals surface area (Å²) in [5.41, 5.74) is 4.88. The number of anilines is 2. The summed E-state index contributed by atoms with van der Waals surface area (Å²) in [7, 11) is 0. The van der Waals surface area contributed by atoms with Gasteiger partial charge in [-0.2, -0.15) is 5.26 Å². The van der Waals surface area contributed by atoms with E-state index in [2.05, 4.69) is 50.0 Å². The lowest BCUT2D eigenvalue weighted by Crippen LogP contribution is -2.48. The molecule has 2 aromatic rings. The maximum atomic E-state index is 12.7. The maximum Gasteiger partial charge on any atom is 0.266 e. The van der Waals surface area contributed by atoms with Gasteiger partial charge >= 0.3 is 0 Å². The van der Waals surface area contributed by atoms with Gasteiger partial charge in [0.1, 0.15) is 11.6 Å². The fraction of sp³-hybridized carbons (Fsp3) is 0.360. The molecule has 0 radical (unpaired) electrons. The zero-order valence-electron chi connectivity index (χ0n) is 18.2. The van der Waals surface area contributed by atoms with Gasteiger partial charge in [-0.25, -0.2) is 0 Å². The summed E-state index contributed by atoms with van der Waals surface area (Å²) in [5.74, 6) is -0.0374. The summed E-state index contributed by atoms with van der Waals surface area (Å²) in [5, 5.41) is 13.0. The number of amides is 1. The summed E-state index contributed by atoms with van der Waals surface area (Å²) in [6.45, 7) is 11.7. The second kappa shape index (κ2) is 8.53. The average Bonchev–Trinajstić information content (AvgIpc) is 2.69. The van der Waals surface area contributed by atoms with E-state index >= 15 is 0 Å². The Kier molecular flexibility index (Phi) is 6.24. The first-order valence-electron chi connectivity index (χ1n) is 10.3. The minimum atomic E-state index is -0.440. The van der Waals surface area contributed by atoms with Gasteiger partial charge in [0.15, 0.2) is 0 Å². The minimum absolute atomic E-state index is 0.0606. The van der Waals surface area contributed by atoms with Gasteiger partial charge in [-0.1, -0.05) is 30.7 Å². The van der Waals surface area contributed by atoms with Crippen LogP contribution in [0.2, 0.25) is 5.02 Å². The van der Waals surface area contributed by atoms with Gasteiger partial charge in [0, 0.05) is 28.5 Å². The molecular weight excluding hydrogens is 394 g/mol. The van der Waals surface area contributed by atoms with E-state index in [1.54, 1.807) is 24.3 Å². The molecule has 0 bridgehead atoms. The summed E-state index contributed by atoms with van der Waals surface area (Å²) in [4.78, 5) is 15.1. The van der Waals surface area contributed by atoms with E-state index in [1.807, 2.05) is 19.1 Å². The Balaban J connectivity index is 1.92. The molecule has 1 N–H and O–H groups in total. The summed E-state index contributed by atoms with van der Waals surface area (Å²) in [6, 6.07) is 13.5. The van der Waals surface area contributed by atoms with E-state index in [9.17, 15) is 10.1 Å². The minimum Gasteiger partial charge on any atom is -0.366 e. The van der Waals surface area contributed by atoms with Crippen molar-refractivity contribution in [3.8, 4) is 6.07 Å². The lowest BCUT2D eigenvalue weighted by molar-refractivity contribution is -0.112. The quantitative estimate of drug-likeness (QED) is 0.465. The van der Waals surface area contributed by atoms with E-state index < -0.39 is 5.91 Å². The summed E-state index contributed by atoms with van der Waals surface area (Å²) < 4.78 is 0. The molecule has 1 amide bonds. The Bertz CT molecular complexity index is 1050. The Hall–Kier alpha value is -2.77. The molecule has 0 fully saturated rings. The van der Waals surface area contributed by atoms with E-state index in [0.29, 0.717) is 16.6 Å². The van der Waals surface area contributed by atoms with Crippen LogP contribution in [0.1, 0.15) is 56.7 Å². The van der Waals surface area contributed by atoms with Gasteiger partial charge in [0.2, 0.25) is 0 Å². The second-order valence-corrected chi connectivity index (χ2v) is 8.92. The molecule has 3 rings (SSSR count). The van der Waals surface area contributed by atoms with Crippen molar-refractivity contribution in [3.05, 3.63) is 63.7 Å². The number of hydrogen-bond acceptors (Lipinski definition) is 3. The molecule has 156 valence electrons. The normalized spacial score (nSPS) is 17.8. The predicted molar refractivity (Wildman–Crippen MR) is 125 cm³/mol. The van der Waals surface area contributed by atoms with Gasteiger partial charge in [0.05, 0.1) is 0 Å². The zero-order valence-corrected chi connectivity index (χ0v) is 19.0. The highest BCUT2D eigenvalue weighted by molar-refractivity contribution is 6.31. The Morgan fingerprint density at radius 3 is 2.77 bits per heavy atom. The van der Waals surface area contributed by atoms with Gasteiger partial charge in [-0.05, 0) is 87.1 Å². The van der Waals surface area contributed by atoms with Crippen LogP contribution >= 0.6 is 11.6 Å². The summed E-state index contributed by atoms with van der Waals surface area (Å²) >= 11 is 6.13. The molecule has 0 saturated carbocycles. The standard InChI is InChI=1S/C25H28ClN3O/c1-6-29-23-11-10-18(13-20(23)16(2)14-25(29,4)5)12-19(15-27)24(30)28-22-9-7-8-21(26)17(22)3/h7-13,16H,6,14H2,1-5H3,(H,28,30)/b19-12+. The second-order valence-electron chi connectivity index (χ2n) is 8.52. The van der Waals surface area contributed by atoms with E-state index in [0.717, 1.165) is 24.1 Å². The fourth-order valence-corrected chi connectivity index (χ4v) is 4.62. The van der Waals surface area contributed by atoms with Crippen LogP contribution in [0.5, 0.6) is 0 Å². The van der Waals surface area contributed by atoms with E-state index in [4.69, 9.17) is 11.6 Å². The average molecular weight is 422 g/mol. The Morgan fingerprint density at radius 2 is 2.10 bits per heavy atom. The highest BCUT2D eigenvalue weighted by Crippen LogP contribution is 2.43. The molecule has 0 aliphatic carbocycles. The smallest absolute Gasteiger partial charge is 0.266 e. The molecule has 5 heteroatoms. The first-order valence-corrected chi connectivity index (χ1v) is 10.7. The zero-order chi connectivity index (χ0) is 22.1. The number of carbonyl (C=O) groups excluding carboxylic acids is 1. The largest absolute Gasteiger partial charge is 0.366 e. The molecule has 1 aliphatic rings. The Morgan fingerprint density at radius 1 is 1.37 bits per heavy atom. The molecule has 1 atom stereocenters. The lowest BCUT2D eigenvalue weighted by atomic mass is 9.79. The van der Waals surface area contributed by atoms with Gasteiger partial charge in [-0.3, -0.25) is 4.79 Å². The van der Waals surface area contributed by atoms with Crippen LogP contribution in [-0.2, 0) is 4.79 Å². The van der Waals surface area contributed by atoms with E-state index in [1.165, 1.54) is 11.3 Å². The lowest BCUT2D eigenvalue weighted by Gasteiger charge is -2.47. The van der Waals surface area contributed by atoms with Gasteiger partial charge in [-0.15, -0.1) is 0 Å². The number of benzene rings is 2. The maximum absolute atomic E-state index is 12.7. The molecule has 0 saturated heterocycles. The molecule has 1 aliphatic heterocycles. The van der Waals surface area contributed by atoms with Crippen LogP contribution in [0.15, 0.2) is 42.0 Å². The Labute approximate surface area is 184 Å². The first-order chi connectivity index (χ1) is 14.2. The first kappa shape index (κ1) is 21.9. The van der Waals surface area contributed by atoms with Crippen LogP contribution in [-0.4, -0.2) is 18.0 Å². The molecule has 30 heavy (non-hydrogen) atoms. The van der Waals surface area contributed by atoms with Crippen molar-refractivity contribution in [2.24, 2.45) is 0 Å². The molecule has 1 heterocycles. The van der Waals surface area contributed by atoms with Gasteiger partial charge < -0.3 is 10.2 Å². The van der Waals surface area contributed by atoms with Crippen molar-refractivity contribution in [2.75, 3.05) is 16.8 Å². The SMILES string of the molecule is CCN1c2ccc(/C=C(\C#N)C(=O)Nc3cccc(Cl)c3C)cc2C(C)CC1(C)C. The number of halogens is 1. The fourth-order valence-electron chi connectivity index (χ4n) is 4.44. The summed E-state index contributed by atoms with van der Waals surface area (Å²) in [6.07, 6.45) is 2.71. The molecule has 0 aromatic heterocycles. The van der Waals surface area contributed by atoms with Crippen LogP contribution < -0.4 is 10.2 Å². The van der Waals surface area contributed by atoms with Crippen molar-refractivity contribution in [3.63, 3.8) is 0 Å². The molecular formula is C25H28ClN3O. The third-order valence-corrected chi connectivity index (χ3v) is 6.33. The van der Waals surface area contributed by atoms with E-state index in [-0.39, 0.29) is 11.1 Å². The van der Waals surface area contributed by atoms with Crippen molar-refractivity contribution >= 4 is 35.0 Å². The van der Waals surface area contributed by atoms with Crippen LogP contribution in [0, 0.1) is 18.3 Å². The monoisotopic (exact) mass is 421 g/mol. The van der Waals surface area contributed by atoms with Crippen LogP contribution in [0.3, 0.4) is 0 Å². The molecule has 0 spiro atoms. The number of nitriles is 1. The van der Waals surface area contributed by atoms with Crippen LogP contribution in [0.25, 0.3) is 6.08 Å². The number of fused-ring (bicyclic) bond motifs is 1.